The van der Waals surface area contributed by atoms with Gasteiger partial charge in [-0.3, -0.25) is 38.4 Å². The highest BCUT2D eigenvalue weighted by Gasteiger charge is 2.51. The van der Waals surface area contributed by atoms with Gasteiger partial charge in [-0.1, -0.05) is 69.2 Å². The number of Topliss-reactive ketones (excluding diaryl/α,β-unsaturated/α-hetero) is 4. The van der Waals surface area contributed by atoms with Crippen molar-refractivity contribution >= 4 is 52.7 Å². The summed E-state index contributed by atoms with van der Waals surface area (Å²) in [4.78, 5) is 122. The first-order valence-electron chi connectivity index (χ1n) is 27.6. The summed E-state index contributed by atoms with van der Waals surface area (Å²) in [6.45, 7) is 19.9. The molecule has 3 saturated heterocycles. The van der Waals surface area contributed by atoms with Crippen LogP contribution in [0.25, 0.3) is 0 Å². The molecule has 3 fully saturated rings. The summed E-state index contributed by atoms with van der Waals surface area (Å²) < 4.78 is 23.3. The molecule has 0 aliphatic carbocycles. The fraction of sp³-hybridized carbons (Fsp3) is 0.833. The van der Waals surface area contributed by atoms with Crippen molar-refractivity contribution in [1.82, 2.24) is 20.9 Å². The SMILES string of the molecule is CC(CC(=O)[C@@H]1CCN1C(=O)C(CC(=O)[C@@H]([NH3+])C(C)O[C@H]1OC(CO)[C@H](O)[C@H](O[C@@H]2OC(CO)[C@H](O)[C@H](O)C2O)C1C)C(C)C)C(=O)N[C@@H](C)C(=O)CC(C(=O)N[C@H](C(=O)CC(C(=O)N[C@@H](C)C(=O)[O-])C(C)C)C(C)C)C(C)C. The van der Waals surface area contributed by atoms with E-state index in [1.54, 1.807) is 69.2 Å². The Morgan fingerprint density at radius 1 is 0.608 bits per heavy atom. The van der Waals surface area contributed by atoms with Crippen LogP contribution in [0, 0.1) is 53.3 Å². The van der Waals surface area contributed by atoms with E-state index in [1.165, 1.54) is 25.7 Å². The molecule has 12 N–H and O–H groups in total. The average Bonchev–Trinajstić information content (AvgIpc) is 3.39. The standard InChI is InChI=1S/C54H91N5O20/c1-22(2)31(50(72)58-42(25(7)8)38(65)18-32(23(3)4)49(71)57-29(12)52(74)75)17-35(62)28(11)56-48(70)26(9)16-36(63)34-14-15-59(34)51(73)33(24(5)6)19-37(64)41(55)30(13)76-53-27(10)47(44(67)40(21-61)77-53)79-54-46(69)45(68)43(66)39(20-60)78-54/h22-34,39-47,53-54,60-61,66-69H,14-21,55H2,1-13H3,(H,56,70)(H,57,71)(H,58,72)(H,74,75)/t26?,27?,28-,29-,30?,31?,32?,33?,34-,39?,40?,41-,42-,43-,44-,45-,46?,47+,53-,54-/m0/s1. The van der Waals surface area contributed by atoms with Gasteiger partial charge in [0.1, 0.15) is 42.7 Å². The van der Waals surface area contributed by atoms with E-state index in [-0.39, 0.29) is 50.0 Å². The lowest BCUT2D eigenvalue weighted by molar-refractivity contribution is -0.432. The fourth-order valence-corrected chi connectivity index (χ4v) is 9.87. The van der Waals surface area contributed by atoms with Gasteiger partial charge in [0.05, 0.1) is 49.5 Å². The second-order valence-electron chi connectivity index (χ2n) is 23.3. The Morgan fingerprint density at radius 3 is 1.59 bits per heavy atom. The number of nitrogens with one attached hydrogen (secondary N) is 3. The summed E-state index contributed by atoms with van der Waals surface area (Å²) in [5.41, 5.74) is 4.01. The molecule has 9 unspecified atom stereocenters. The molecule has 25 nitrogen and oxygen atoms in total. The first-order valence-corrected chi connectivity index (χ1v) is 27.6. The van der Waals surface area contributed by atoms with E-state index in [0.717, 1.165) is 0 Å². The van der Waals surface area contributed by atoms with E-state index in [1.807, 2.05) is 0 Å². The Balaban J connectivity index is 1.59. The van der Waals surface area contributed by atoms with Crippen LogP contribution in [-0.4, -0.2) is 200 Å². The van der Waals surface area contributed by atoms with Gasteiger partial charge in [-0.25, -0.2) is 0 Å². The first kappa shape index (κ1) is 68.9. The van der Waals surface area contributed by atoms with Crippen LogP contribution in [0.3, 0.4) is 0 Å². The number of ether oxygens (including phenoxy) is 4. The maximum absolute atomic E-state index is 14.1. The Kier molecular flexibility index (Phi) is 26.7. The monoisotopic (exact) mass is 1130 g/mol. The number of likely N-dealkylation sites (tertiary alicyclic amines) is 1. The maximum Gasteiger partial charge on any atom is 0.227 e. The number of nitrogens with zero attached hydrogens (tertiary/aromatic N) is 1. The third-order valence-corrected chi connectivity index (χ3v) is 15.8. The molecular weight excluding hydrogens is 1040 g/mol. The summed E-state index contributed by atoms with van der Waals surface area (Å²) in [6.07, 6.45) is -15.2. The lowest BCUT2D eigenvalue weighted by Crippen LogP contribution is -2.71. The maximum atomic E-state index is 14.1. The van der Waals surface area contributed by atoms with Crippen molar-refractivity contribution < 1.29 is 104 Å². The normalized spacial score (nSPS) is 28.8. The number of aliphatic hydroxyl groups excluding tert-OH is 6. The zero-order valence-corrected chi connectivity index (χ0v) is 48.1. The van der Waals surface area contributed by atoms with Gasteiger partial charge in [-0.15, -0.1) is 0 Å². The van der Waals surface area contributed by atoms with Crippen molar-refractivity contribution in [2.45, 2.75) is 214 Å². The van der Waals surface area contributed by atoms with Crippen LogP contribution >= 0.6 is 0 Å². The molecule has 3 aliphatic heterocycles. The van der Waals surface area contributed by atoms with Crippen LogP contribution in [-0.2, 0) is 62.1 Å². The first-order chi connectivity index (χ1) is 36.7. The average molecular weight is 1130 g/mol. The quantitative estimate of drug-likeness (QED) is 0.0325. The molecule has 3 aliphatic rings. The van der Waals surface area contributed by atoms with Crippen molar-refractivity contribution in [2.75, 3.05) is 19.8 Å². The van der Waals surface area contributed by atoms with E-state index >= 15 is 0 Å². The summed E-state index contributed by atoms with van der Waals surface area (Å²) in [7, 11) is 0. The Morgan fingerprint density at radius 2 is 1.10 bits per heavy atom. The molecule has 20 atom stereocenters. The summed E-state index contributed by atoms with van der Waals surface area (Å²) >= 11 is 0. The highest BCUT2D eigenvalue weighted by molar-refractivity contribution is 5.98. The van der Waals surface area contributed by atoms with Crippen LogP contribution in [0.2, 0.25) is 0 Å². The van der Waals surface area contributed by atoms with E-state index in [0.29, 0.717) is 6.42 Å². The van der Waals surface area contributed by atoms with Crippen LogP contribution in [0.15, 0.2) is 0 Å². The van der Waals surface area contributed by atoms with Gasteiger partial charge in [-0.05, 0) is 50.9 Å². The molecular formula is C54H91N5O20. The minimum atomic E-state index is -1.79. The second-order valence-corrected chi connectivity index (χ2v) is 23.3. The molecule has 0 saturated carbocycles. The highest BCUT2D eigenvalue weighted by Crippen LogP contribution is 2.34. The minimum Gasteiger partial charge on any atom is -0.548 e. The predicted molar refractivity (Wildman–Crippen MR) is 277 cm³/mol. The van der Waals surface area contributed by atoms with E-state index < -0.39 is 193 Å². The largest absolute Gasteiger partial charge is 0.548 e. The summed E-state index contributed by atoms with van der Waals surface area (Å²) in [5, 5.41) is 80.8. The van der Waals surface area contributed by atoms with Gasteiger partial charge in [0.15, 0.2) is 41.8 Å². The number of carboxylic acid groups (broad SMARTS) is 1. The number of hydrogen-bond acceptors (Lipinski definition) is 20. The summed E-state index contributed by atoms with van der Waals surface area (Å²) in [6, 6.07) is -5.35. The van der Waals surface area contributed by atoms with Gasteiger partial charge >= 0.3 is 0 Å². The summed E-state index contributed by atoms with van der Waals surface area (Å²) in [5.74, 6) is -11.6. The molecule has 0 aromatic heterocycles. The van der Waals surface area contributed by atoms with Gasteiger partial charge in [-0.2, -0.15) is 0 Å². The minimum absolute atomic E-state index is 0.228. The number of hydrogen-bond donors (Lipinski definition) is 10. The zero-order chi connectivity index (χ0) is 60.2. The molecule has 0 bridgehead atoms. The number of carboxylic acids is 1. The molecule has 4 amide bonds. The molecule has 0 aromatic rings. The van der Waals surface area contributed by atoms with Gasteiger partial charge in [0.25, 0.3) is 0 Å². The van der Waals surface area contributed by atoms with Crippen LogP contribution in [0.4, 0.5) is 0 Å². The molecule has 452 valence electrons. The Bertz CT molecular complexity index is 2110. The number of quaternary nitrogens is 1. The number of ketones is 4. The predicted octanol–water partition coefficient (Wildman–Crippen LogP) is -3.31. The van der Waals surface area contributed by atoms with E-state index in [4.69, 9.17) is 18.9 Å². The lowest BCUT2D eigenvalue weighted by Gasteiger charge is -2.47. The smallest absolute Gasteiger partial charge is 0.227 e. The molecule has 3 rings (SSSR count). The number of aliphatic hydroxyl groups is 6. The molecule has 25 heteroatoms. The number of aliphatic carboxylic acids is 1. The topological polar surface area (TPSA) is 402 Å². The lowest BCUT2D eigenvalue weighted by atomic mass is 9.84. The Hall–Kier alpha value is -4.41. The van der Waals surface area contributed by atoms with Gasteiger partial charge in [0, 0.05) is 61.8 Å². The molecule has 79 heavy (non-hydrogen) atoms. The third-order valence-electron chi connectivity index (χ3n) is 15.8. The third kappa shape index (κ3) is 18.0. The molecule has 3 heterocycles. The number of rotatable bonds is 31. The van der Waals surface area contributed by atoms with Crippen molar-refractivity contribution in [3.63, 3.8) is 0 Å². The van der Waals surface area contributed by atoms with Gasteiger partial charge < -0.3 is 86.1 Å². The highest BCUT2D eigenvalue weighted by atomic mass is 16.7. The fourth-order valence-electron chi connectivity index (χ4n) is 9.87. The van der Waals surface area contributed by atoms with E-state index in [2.05, 4.69) is 21.7 Å². The molecule has 0 radical (unpaired) electrons. The van der Waals surface area contributed by atoms with Crippen molar-refractivity contribution in [1.29, 1.82) is 0 Å². The van der Waals surface area contributed by atoms with Crippen molar-refractivity contribution in [3.05, 3.63) is 0 Å². The number of carbonyl (C=O) groups excluding carboxylic acids is 9. The van der Waals surface area contributed by atoms with Crippen LogP contribution < -0.4 is 26.8 Å². The molecule has 0 spiro atoms. The van der Waals surface area contributed by atoms with Crippen LogP contribution in [0.5, 0.6) is 0 Å². The Labute approximate surface area is 462 Å². The van der Waals surface area contributed by atoms with E-state index in [9.17, 15) is 78.9 Å². The second kappa shape index (κ2) is 30.6. The number of amides is 4. The van der Waals surface area contributed by atoms with Crippen molar-refractivity contribution in [2.24, 2.45) is 53.3 Å². The van der Waals surface area contributed by atoms with Crippen LogP contribution in [0.1, 0.15) is 122 Å². The van der Waals surface area contributed by atoms with Crippen molar-refractivity contribution in [3.8, 4) is 0 Å². The number of carbonyl (C=O) groups is 9. The van der Waals surface area contributed by atoms with Gasteiger partial charge in [0.2, 0.25) is 23.6 Å². The molecule has 0 aromatic carbocycles. The zero-order valence-electron chi connectivity index (χ0n) is 48.1.